The number of hydrogen-bond acceptors (Lipinski definition) is 3. The van der Waals surface area contributed by atoms with E-state index in [0.29, 0.717) is 41.8 Å². The standard InChI is InChI=1S/C20H17ClF3NO2/c1-13-18(10-11-26-17-8-2-14(12-21)3-9-17)25-19(27-13)15-4-6-16(7-5-15)20(22,23)24/h2-9H,10-12H2,1H3. The summed E-state index contributed by atoms with van der Waals surface area (Å²) < 4.78 is 49.2. The lowest BCUT2D eigenvalue weighted by molar-refractivity contribution is -0.137. The zero-order chi connectivity index (χ0) is 19.4. The Bertz CT molecular complexity index is 887. The summed E-state index contributed by atoms with van der Waals surface area (Å²) in [7, 11) is 0. The minimum absolute atomic E-state index is 0.294. The number of rotatable bonds is 6. The molecule has 0 N–H and O–H groups in total. The molecule has 3 nitrogen and oxygen atoms in total. The average molecular weight is 396 g/mol. The Hall–Kier alpha value is -2.47. The van der Waals surface area contributed by atoms with E-state index in [4.69, 9.17) is 20.8 Å². The third-order valence-corrected chi connectivity index (χ3v) is 4.35. The molecular weight excluding hydrogens is 379 g/mol. The number of benzene rings is 2. The molecular formula is C20H17ClF3NO2. The SMILES string of the molecule is Cc1oc(-c2ccc(C(F)(F)F)cc2)nc1CCOc1ccc(CCl)cc1. The van der Waals surface area contributed by atoms with E-state index in [1.165, 1.54) is 12.1 Å². The fraction of sp³-hybridized carbons (Fsp3) is 0.250. The first-order chi connectivity index (χ1) is 12.9. The molecule has 0 bridgehead atoms. The number of aryl methyl sites for hydroxylation is 1. The van der Waals surface area contributed by atoms with E-state index in [-0.39, 0.29) is 0 Å². The maximum Gasteiger partial charge on any atom is 0.416 e. The van der Waals surface area contributed by atoms with Crippen molar-refractivity contribution in [3.05, 3.63) is 71.1 Å². The van der Waals surface area contributed by atoms with Gasteiger partial charge in [0.05, 0.1) is 17.9 Å². The van der Waals surface area contributed by atoms with Crippen LogP contribution in [-0.2, 0) is 18.5 Å². The van der Waals surface area contributed by atoms with Crippen LogP contribution in [0.4, 0.5) is 13.2 Å². The second kappa shape index (κ2) is 8.05. The number of halogens is 4. The second-order valence-corrected chi connectivity index (χ2v) is 6.24. The minimum atomic E-state index is -4.37. The molecule has 3 aromatic rings. The highest BCUT2D eigenvalue weighted by atomic mass is 35.5. The van der Waals surface area contributed by atoms with Gasteiger partial charge in [-0.15, -0.1) is 11.6 Å². The topological polar surface area (TPSA) is 35.3 Å². The van der Waals surface area contributed by atoms with Gasteiger partial charge in [-0.25, -0.2) is 4.98 Å². The smallest absolute Gasteiger partial charge is 0.416 e. The van der Waals surface area contributed by atoms with Crippen LogP contribution in [0.2, 0.25) is 0 Å². The molecule has 0 aliphatic carbocycles. The third-order valence-electron chi connectivity index (χ3n) is 4.04. The van der Waals surface area contributed by atoms with Crippen LogP contribution in [0.5, 0.6) is 5.75 Å². The van der Waals surface area contributed by atoms with E-state index < -0.39 is 11.7 Å². The summed E-state index contributed by atoms with van der Waals surface area (Å²) in [6.07, 6.45) is -3.84. The fourth-order valence-electron chi connectivity index (χ4n) is 2.53. The number of ether oxygens (including phenoxy) is 1. The van der Waals surface area contributed by atoms with Crippen LogP contribution in [0, 0.1) is 6.92 Å². The molecule has 142 valence electrons. The summed E-state index contributed by atoms with van der Waals surface area (Å²) >= 11 is 5.75. The van der Waals surface area contributed by atoms with Crippen molar-refractivity contribution in [3.8, 4) is 17.2 Å². The van der Waals surface area contributed by atoms with Gasteiger partial charge in [-0.3, -0.25) is 0 Å². The highest BCUT2D eigenvalue weighted by molar-refractivity contribution is 6.17. The molecule has 1 aromatic heterocycles. The van der Waals surface area contributed by atoms with Crippen molar-refractivity contribution in [2.24, 2.45) is 0 Å². The minimum Gasteiger partial charge on any atom is -0.493 e. The highest BCUT2D eigenvalue weighted by Gasteiger charge is 2.30. The van der Waals surface area contributed by atoms with Crippen molar-refractivity contribution in [1.82, 2.24) is 4.98 Å². The van der Waals surface area contributed by atoms with Crippen molar-refractivity contribution in [2.45, 2.75) is 25.4 Å². The summed E-state index contributed by atoms with van der Waals surface area (Å²) in [5, 5.41) is 0. The van der Waals surface area contributed by atoms with Crippen molar-refractivity contribution >= 4 is 11.6 Å². The van der Waals surface area contributed by atoms with E-state index in [9.17, 15) is 13.2 Å². The molecule has 2 aromatic carbocycles. The average Bonchev–Trinajstić information content (AvgIpc) is 3.02. The molecule has 1 heterocycles. The molecule has 0 radical (unpaired) electrons. The Balaban J connectivity index is 1.63. The molecule has 27 heavy (non-hydrogen) atoms. The van der Waals surface area contributed by atoms with Gasteiger partial charge in [-0.05, 0) is 48.9 Å². The summed E-state index contributed by atoms with van der Waals surface area (Å²) in [4.78, 5) is 4.39. The highest BCUT2D eigenvalue weighted by Crippen LogP contribution is 2.31. The molecule has 0 aliphatic heterocycles. The predicted octanol–water partition coefficient (Wildman–Crippen LogP) is 6.03. The molecule has 0 amide bonds. The Kier molecular flexibility index (Phi) is 5.75. The van der Waals surface area contributed by atoms with E-state index in [1.54, 1.807) is 6.92 Å². The van der Waals surface area contributed by atoms with Gasteiger partial charge in [-0.1, -0.05) is 12.1 Å². The first-order valence-electron chi connectivity index (χ1n) is 8.28. The van der Waals surface area contributed by atoms with Crippen molar-refractivity contribution in [2.75, 3.05) is 6.61 Å². The quantitative estimate of drug-likeness (QED) is 0.478. The Morgan fingerprint density at radius 3 is 2.30 bits per heavy atom. The predicted molar refractivity (Wildman–Crippen MR) is 96.9 cm³/mol. The normalized spacial score (nSPS) is 11.6. The van der Waals surface area contributed by atoms with Crippen LogP contribution < -0.4 is 4.74 Å². The maximum absolute atomic E-state index is 12.7. The molecule has 0 saturated heterocycles. The van der Waals surface area contributed by atoms with E-state index in [0.717, 1.165) is 23.4 Å². The van der Waals surface area contributed by atoms with Crippen molar-refractivity contribution in [3.63, 3.8) is 0 Å². The number of hydrogen-bond donors (Lipinski definition) is 0. The van der Waals surface area contributed by atoms with E-state index in [1.807, 2.05) is 24.3 Å². The van der Waals surface area contributed by atoms with Gasteiger partial charge >= 0.3 is 6.18 Å². The number of nitrogens with zero attached hydrogens (tertiary/aromatic N) is 1. The first kappa shape index (κ1) is 19.3. The lowest BCUT2D eigenvalue weighted by atomic mass is 10.1. The zero-order valence-corrected chi connectivity index (χ0v) is 15.3. The van der Waals surface area contributed by atoms with Crippen LogP contribution >= 0.6 is 11.6 Å². The molecule has 3 rings (SSSR count). The Morgan fingerprint density at radius 2 is 1.70 bits per heavy atom. The van der Waals surface area contributed by atoms with Gasteiger partial charge in [0.1, 0.15) is 11.5 Å². The molecule has 0 spiro atoms. The summed E-state index contributed by atoms with van der Waals surface area (Å²) in [5.74, 6) is 2.09. The molecule has 7 heteroatoms. The number of alkyl halides is 4. The van der Waals surface area contributed by atoms with Gasteiger partial charge < -0.3 is 9.15 Å². The molecule has 0 fully saturated rings. The third kappa shape index (κ3) is 4.83. The lowest BCUT2D eigenvalue weighted by Crippen LogP contribution is -2.04. The zero-order valence-electron chi connectivity index (χ0n) is 14.5. The van der Waals surface area contributed by atoms with Gasteiger partial charge in [0, 0.05) is 17.9 Å². The van der Waals surface area contributed by atoms with E-state index >= 15 is 0 Å². The molecule has 0 saturated carbocycles. The Labute approximate surface area is 159 Å². The van der Waals surface area contributed by atoms with Crippen LogP contribution in [0.25, 0.3) is 11.5 Å². The van der Waals surface area contributed by atoms with Gasteiger partial charge in [-0.2, -0.15) is 13.2 Å². The van der Waals surface area contributed by atoms with Crippen molar-refractivity contribution < 1.29 is 22.3 Å². The van der Waals surface area contributed by atoms with Gasteiger partial charge in [0.2, 0.25) is 5.89 Å². The summed E-state index contributed by atoms with van der Waals surface area (Å²) in [5.41, 5.74) is 1.51. The van der Waals surface area contributed by atoms with Crippen LogP contribution in [0.1, 0.15) is 22.6 Å². The van der Waals surface area contributed by atoms with Gasteiger partial charge in [0.15, 0.2) is 0 Å². The molecule has 0 atom stereocenters. The van der Waals surface area contributed by atoms with Crippen molar-refractivity contribution in [1.29, 1.82) is 0 Å². The van der Waals surface area contributed by atoms with Gasteiger partial charge in [0.25, 0.3) is 0 Å². The summed E-state index contributed by atoms with van der Waals surface area (Å²) in [6, 6.07) is 12.2. The van der Waals surface area contributed by atoms with Crippen LogP contribution in [0.3, 0.4) is 0 Å². The number of aromatic nitrogens is 1. The maximum atomic E-state index is 12.7. The van der Waals surface area contributed by atoms with E-state index in [2.05, 4.69) is 4.98 Å². The number of oxazole rings is 1. The molecule has 0 aliphatic rings. The lowest BCUT2D eigenvalue weighted by Gasteiger charge is -2.06. The largest absolute Gasteiger partial charge is 0.493 e. The molecule has 0 unspecified atom stereocenters. The first-order valence-corrected chi connectivity index (χ1v) is 8.82. The monoisotopic (exact) mass is 395 g/mol. The second-order valence-electron chi connectivity index (χ2n) is 5.97. The summed E-state index contributed by atoms with van der Waals surface area (Å²) in [6.45, 7) is 2.17. The van der Waals surface area contributed by atoms with Crippen LogP contribution in [0.15, 0.2) is 52.9 Å². The van der Waals surface area contributed by atoms with Crippen LogP contribution in [-0.4, -0.2) is 11.6 Å². The fourth-order valence-corrected chi connectivity index (χ4v) is 2.70. The Morgan fingerprint density at radius 1 is 1.04 bits per heavy atom.